The molecule has 1 saturated heterocycles. The lowest BCUT2D eigenvalue weighted by Gasteiger charge is -2.21. The van der Waals surface area contributed by atoms with Crippen LogP contribution < -0.4 is 5.32 Å². The fourth-order valence-electron chi connectivity index (χ4n) is 2.23. The number of carbonyl (C=O) groups is 1. The van der Waals surface area contributed by atoms with Gasteiger partial charge in [-0.05, 0) is 31.0 Å². The summed E-state index contributed by atoms with van der Waals surface area (Å²) in [5.74, 6) is 0.297. The number of rotatable bonds is 5. The van der Waals surface area contributed by atoms with E-state index in [1.165, 1.54) is 5.56 Å². The Morgan fingerprint density at radius 1 is 1.50 bits per heavy atom. The van der Waals surface area contributed by atoms with Gasteiger partial charge in [0.25, 0.3) is 0 Å². The van der Waals surface area contributed by atoms with Gasteiger partial charge >= 0.3 is 0 Å². The maximum Gasteiger partial charge on any atom is 0.222 e. The van der Waals surface area contributed by atoms with Crippen molar-refractivity contribution in [1.82, 2.24) is 10.2 Å². The number of halogens is 1. The van der Waals surface area contributed by atoms with Gasteiger partial charge in [0.15, 0.2) is 0 Å². The first kappa shape index (κ1) is 13.6. The van der Waals surface area contributed by atoms with Gasteiger partial charge in [0.2, 0.25) is 5.91 Å². The molecular formula is C14H19BrN2O. The van der Waals surface area contributed by atoms with Crippen molar-refractivity contribution >= 4 is 21.8 Å². The summed E-state index contributed by atoms with van der Waals surface area (Å²) in [7, 11) is 0. The van der Waals surface area contributed by atoms with Gasteiger partial charge in [0, 0.05) is 36.6 Å². The minimum atomic E-state index is 0.297. The number of carbonyl (C=O) groups excluding carboxylic acids is 1. The molecule has 1 heterocycles. The van der Waals surface area contributed by atoms with Crippen molar-refractivity contribution in [1.29, 1.82) is 0 Å². The highest BCUT2D eigenvalue weighted by atomic mass is 79.9. The van der Waals surface area contributed by atoms with Crippen LogP contribution in [0.1, 0.15) is 25.3 Å². The third-order valence-corrected chi connectivity index (χ3v) is 3.70. The third-order valence-electron chi connectivity index (χ3n) is 3.21. The molecular weight excluding hydrogens is 292 g/mol. The molecule has 1 aliphatic rings. The lowest BCUT2D eigenvalue weighted by Crippen LogP contribution is -2.39. The van der Waals surface area contributed by atoms with Crippen LogP contribution in [0.15, 0.2) is 28.7 Å². The third kappa shape index (κ3) is 3.82. The highest BCUT2D eigenvalue weighted by Gasteiger charge is 2.21. The summed E-state index contributed by atoms with van der Waals surface area (Å²) in [6.07, 6.45) is 1.73. The molecule has 1 atom stereocenters. The van der Waals surface area contributed by atoms with Gasteiger partial charge < -0.3 is 10.2 Å². The molecule has 0 spiro atoms. The number of hydrogen-bond acceptors (Lipinski definition) is 2. The zero-order valence-electron chi connectivity index (χ0n) is 10.7. The number of nitrogens with one attached hydrogen (secondary N) is 1. The van der Waals surface area contributed by atoms with E-state index < -0.39 is 0 Å². The van der Waals surface area contributed by atoms with E-state index in [0.717, 1.165) is 36.9 Å². The molecule has 1 aromatic rings. The standard InChI is InChI=1S/C14H19BrN2O/c1-11(10-17-7-3-6-14(17)18)16-9-12-4-2-5-13(15)8-12/h2,4-5,8,11,16H,3,6-7,9-10H2,1H3. The molecule has 0 aliphatic carbocycles. The summed E-state index contributed by atoms with van der Waals surface area (Å²) in [6, 6.07) is 8.60. The Labute approximate surface area is 117 Å². The van der Waals surface area contributed by atoms with Crippen LogP contribution in [0.25, 0.3) is 0 Å². The molecule has 1 amide bonds. The highest BCUT2D eigenvalue weighted by molar-refractivity contribution is 9.10. The monoisotopic (exact) mass is 310 g/mol. The van der Waals surface area contributed by atoms with E-state index in [1.54, 1.807) is 0 Å². The van der Waals surface area contributed by atoms with Crippen molar-refractivity contribution in [3.05, 3.63) is 34.3 Å². The molecule has 1 aliphatic heterocycles. The predicted molar refractivity (Wildman–Crippen MR) is 76.3 cm³/mol. The van der Waals surface area contributed by atoms with E-state index in [-0.39, 0.29) is 0 Å². The molecule has 18 heavy (non-hydrogen) atoms. The second-order valence-corrected chi connectivity index (χ2v) is 5.77. The molecule has 1 fully saturated rings. The van der Waals surface area contributed by atoms with Gasteiger partial charge in [-0.1, -0.05) is 28.1 Å². The Morgan fingerprint density at radius 2 is 2.33 bits per heavy atom. The summed E-state index contributed by atoms with van der Waals surface area (Å²) < 4.78 is 1.10. The fraction of sp³-hybridized carbons (Fsp3) is 0.500. The van der Waals surface area contributed by atoms with Crippen LogP contribution in [0.5, 0.6) is 0 Å². The Kier molecular flexibility index (Phi) is 4.78. The Balaban J connectivity index is 1.77. The molecule has 3 nitrogen and oxygen atoms in total. The van der Waals surface area contributed by atoms with Gasteiger partial charge in [0.05, 0.1) is 0 Å². The van der Waals surface area contributed by atoms with Crippen LogP contribution in [-0.4, -0.2) is 29.9 Å². The van der Waals surface area contributed by atoms with Gasteiger partial charge in [-0.2, -0.15) is 0 Å². The molecule has 0 aromatic heterocycles. The summed E-state index contributed by atoms with van der Waals surface area (Å²) >= 11 is 3.47. The van der Waals surface area contributed by atoms with Gasteiger partial charge in [-0.25, -0.2) is 0 Å². The molecule has 0 saturated carbocycles. The van der Waals surface area contributed by atoms with E-state index in [4.69, 9.17) is 0 Å². The molecule has 2 rings (SSSR count). The molecule has 0 radical (unpaired) electrons. The van der Waals surface area contributed by atoms with Gasteiger partial charge in [0.1, 0.15) is 0 Å². The van der Waals surface area contributed by atoms with Crippen molar-refractivity contribution in [3.8, 4) is 0 Å². The summed E-state index contributed by atoms with van der Waals surface area (Å²) in [5, 5.41) is 3.46. The van der Waals surface area contributed by atoms with Crippen molar-refractivity contribution < 1.29 is 4.79 Å². The van der Waals surface area contributed by atoms with Crippen molar-refractivity contribution in [2.75, 3.05) is 13.1 Å². The summed E-state index contributed by atoms with van der Waals surface area (Å²) in [6.45, 7) is 4.70. The predicted octanol–water partition coefficient (Wildman–Crippen LogP) is 2.55. The molecule has 1 aromatic carbocycles. The molecule has 1 N–H and O–H groups in total. The van der Waals surface area contributed by atoms with E-state index in [2.05, 4.69) is 40.3 Å². The molecule has 98 valence electrons. The van der Waals surface area contributed by atoms with E-state index >= 15 is 0 Å². The van der Waals surface area contributed by atoms with Crippen LogP contribution in [-0.2, 0) is 11.3 Å². The van der Waals surface area contributed by atoms with Crippen LogP contribution in [0.4, 0.5) is 0 Å². The minimum Gasteiger partial charge on any atom is -0.341 e. The number of nitrogens with zero attached hydrogens (tertiary/aromatic N) is 1. The summed E-state index contributed by atoms with van der Waals surface area (Å²) in [5.41, 5.74) is 1.25. The zero-order valence-corrected chi connectivity index (χ0v) is 12.2. The van der Waals surface area contributed by atoms with Crippen LogP contribution in [0.2, 0.25) is 0 Å². The van der Waals surface area contributed by atoms with Crippen LogP contribution in [0.3, 0.4) is 0 Å². The first-order valence-electron chi connectivity index (χ1n) is 6.41. The molecule has 0 bridgehead atoms. The van der Waals surface area contributed by atoms with Crippen LogP contribution >= 0.6 is 15.9 Å². The van der Waals surface area contributed by atoms with E-state index in [9.17, 15) is 4.79 Å². The number of benzene rings is 1. The van der Waals surface area contributed by atoms with E-state index in [1.807, 2.05) is 17.0 Å². The number of amides is 1. The van der Waals surface area contributed by atoms with Crippen LogP contribution in [0, 0.1) is 0 Å². The van der Waals surface area contributed by atoms with E-state index in [0.29, 0.717) is 11.9 Å². The second-order valence-electron chi connectivity index (χ2n) is 4.86. The van der Waals surface area contributed by atoms with Crippen molar-refractivity contribution in [2.45, 2.75) is 32.4 Å². The lowest BCUT2D eigenvalue weighted by atomic mass is 10.2. The van der Waals surface area contributed by atoms with Gasteiger partial charge in [-0.15, -0.1) is 0 Å². The average molecular weight is 311 g/mol. The SMILES string of the molecule is CC(CN1CCCC1=O)NCc1cccc(Br)c1. The second kappa shape index (κ2) is 6.34. The maximum absolute atomic E-state index is 11.5. The Hall–Kier alpha value is -0.870. The number of hydrogen-bond donors (Lipinski definition) is 1. The molecule has 1 unspecified atom stereocenters. The highest BCUT2D eigenvalue weighted by Crippen LogP contribution is 2.12. The first-order valence-corrected chi connectivity index (χ1v) is 7.20. The first-order chi connectivity index (χ1) is 8.65. The quantitative estimate of drug-likeness (QED) is 0.906. The Morgan fingerprint density at radius 3 is 3.00 bits per heavy atom. The maximum atomic E-state index is 11.5. The largest absolute Gasteiger partial charge is 0.341 e. The minimum absolute atomic E-state index is 0.297. The van der Waals surface area contributed by atoms with Crippen molar-refractivity contribution in [3.63, 3.8) is 0 Å². The fourth-order valence-corrected chi connectivity index (χ4v) is 2.68. The van der Waals surface area contributed by atoms with Crippen molar-refractivity contribution in [2.24, 2.45) is 0 Å². The topological polar surface area (TPSA) is 32.3 Å². The average Bonchev–Trinajstić information content (AvgIpc) is 2.73. The normalized spacial score (nSPS) is 17.2. The zero-order chi connectivity index (χ0) is 13.0. The Bertz CT molecular complexity index is 422. The lowest BCUT2D eigenvalue weighted by molar-refractivity contribution is -0.127. The molecule has 4 heteroatoms. The van der Waals surface area contributed by atoms with Gasteiger partial charge in [-0.3, -0.25) is 4.79 Å². The number of likely N-dealkylation sites (tertiary alicyclic amines) is 1. The summed E-state index contributed by atoms with van der Waals surface area (Å²) in [4.78, 5) is 13.5. The smallest absolute Gasteiger partial charge is 0.222 e.